The molecule has 0 radical (unpaired) electrons. The number of hydrogen-bond donors (Lipinski definition) is 0. The molecule has 1 aliphatic carbocycles. The summed E-state index contributed by atoms with van der Waals surface area (Å²) in [4.78, 5) is 11.4. The number of carbonyl (C=O) groups is 1. The van der Waals surface area contributed by atoms with Crippen LogP contribution in [-0.4, -0.2) is 12.6 Å². The van der Waals surface area contributed by atoms with Crippen molar-refractivity contribution in [2.75, 3.05) is 6.61 Å². The molecule has 0 fully saturated rings. The smallest absolute Gasteiger partial charge is 0.308 e. The lowest BCUT2D eigenvalue weighted by molar-refractivity contribution is -0.149. The van der Waals surface area contributed by atoms with Gasteiger partial charge in [-0.05, 0) is 25.7 Å². The third-order valence-corrected chi connectivity index (χ3v) is 4.08. The Morgan fingerprint density at radius 3 is 2.38 bits per heavy atom. The van der Waals surface area contributed by atoms with Gasteiger partial charge in [0.2, 0.25) is 0 Å². The van der Waals surface area contributed by atoms with Gasteiger partial charge in [-0.1, -0.05) is 38.8 Å². The molecule has 0 heterocycles. The van der Waals surface area contributed by atoms with Crippen molar-refractivity contribution < 1.29 is 9.53 Å². The summed E-state index contributed by atoms with van der Waals surface area (Å²) in [6, 6.07) is 0. The summed E-state index contributed by atoms with van der Waals surface area (Å²) in [5.41, 5.74) is 3.08. The van der Waals surface area contributed by atoms with Crippen molar-refractivity contribution in [3.05, 3.63) is 11.1 Å². The van der Waals surface area contributed by atoms with Crippen LogP contribution in [0.15, 0.2) is 11.1 Å². The number of ether oxygens (including phenoxy) is 1. The zero-order chi connectivity index (χ0) is 12.5. The lowest BCUT2D eigenvalue weighted by Crippen LogP contribution is -2.27. The Labute approximate surface area is 99.1 Å². The minimum absolute atomic E-state index is 0.0281. The molecule has 1 rings (SSSR count). The van der Waals surface area contributed by atoms with E-state index in [9.17, 15) is 4.79 Å². The monoisotopic (exact) mass is 224 g/mol. The maximum atomic E-state index is 11.4. The lowest BCUT2D eigenvalue weighted by atomic mass is 9.78. The van der Waals surface area contributed by atoms with Crippen molar-refractivity contribution in [2.45, 2.75) is 48.0 Å². The van der Waals surface area contributed by atoms with Crippen molar-refractivity contribution in [2.24, 2.45) is 17.3 Å². The Balaban J connectivity index is 2.57. The quantitative estimate of drug-likeness (QED) is 0.541. The third-order valence-electron chi connectivity index (χ3n) is 4.08. The fourth-order valence-electron chi connectivity index (χ4n) is 2.25. The molecule has 0 aromatic carbocycles. The normalized spacial score (nSPS) is 24.1. The van der Waals surface area contributed by atoms with Crippen LogP contribution in [0.3, 0.4) is 0 Å². The van der Waals surface area contributed by atoms with Gasteiger partial charge in [0.15, 0.2) is 0 Å². The van der Waals surface area contributed by atoms with E-state index in [0.717, 1.165) is 6.42 Å². The van der Waals surface area contributed by atoms with E-state index < -0.39 is 0 Å². The lowest BCUT2D eigenvalue weighted by Gasteiger charge is -2.29. The second-order valence-electron chi connectivity index (χ2n) is 5.81. The van der Waals surface area contributed by atoms with Crippen LogP contribution in [0.4, 0.5) is 0 Å². The fraction of sp³-hybridized carbons (Fsp3) is 0.786. The zero-order valence-corrected chi connectivity index (χ0v) is 11.4. The first kappa shape index (κ1) is 13.3. The number of rotatable bonds is 3. The summed E-state index contributed by atoms with van der Waals surface area (Å²) in [6.45, 7) is 13.2. The van der Waals surface area contributed by atoms with Gasteiger partial charge in [-0.3, -0.25) is 4.79 Å². The maximum Gasteiger partial charge on any atom is 0.308 e. The molecule has 16 heavy (non-hydrogen) atoms. The van der Waals surface area contributed by atoms with E-state index in [2.05, 4.69) is 27.7 Å². The van der Waals surface area contributed by atoms with E-state index >= 15 is 0 Å². The van der Waals surface area contributed by atoms with Gasteiger partial charge in [-0.15, -0.1) is 0 Å². The highest BCUT2D eigenvalue weighted by molar-refractivity contribution is 5.71. The molecule has 92 valence electrons. The van der Waals surface area contributed by atoms with E-state index in [1.54, 1.807) is 0 Å². The highest BCUT2D eigenvalue weighted by Gasteiger charge is 2.38. The summed E-state index contributed by atoms with van der Waals surface area (Å²) in [5.74, 6) is 0.327. The van der Waals surface area contributed by atoms with E-state index in [-0.39, 0.29) is 17.3 Å². The first-order valence-corrected chi connectivity index (χ1v) is 6.10. The molecule has 1 aliphatic rings. The molecule has 0 unspecified atom stereocenters. The Bertz CT molecular complexity index is 311. The molecule has 0 aromatic rings. The van der Waals surface area contributed by atoms with E-state index in [0.29, 0.717) is 12.5 Å². The van der Waals surface area contributed by atoms with Gasteiger partial charge in [0.1, 0.15) is 0 Å². The molecule has 0 N–H and O–H groups in total. The Hall–Kier alpha value is -0.790. The Morgan fingerprint density at radius 1 is 1.44 bits per heavy atom. The van der Waals surface area contributed by atoms with Gasteiger partial charge < -0.3 is 4.74 Å². The molecule has 0 bridgehead atoms. The second-order valence-corrected chi connectivity index (χ2v) is 5.81. The van der Waals surface area contributed by atoms with Crippen LogP contribution in [0.25, 0.3) is 0 Å². The highest BCUT2D eigenvalue weighted by Crippen LogP contribution is 2.46. The molecule has 0 spiro atoms. The molecular weight excluding hydrogens is 200 g/mol. The largest absolute Gasteiger partial charge is 0.465 e. The summed E-state index contributed by atoms with van der Waals surface area (Å²) < 4.78 is 5.35. The Morgan fingerprint density at radius 2 is 2.00 bits per heavy atom. The summed E-state index contributed by atoms with van der Waals surface area (Å²) in [5, 5.41) is 0. The summed E-state index contributed by atoms with van der Waals surface area (Å²) in [7, 11) is 0. The first-order valence-electron chi connectivity index (χ1n) is 6.10. The Kier molecular flexibility index (Phi) is 3.82. The maximum absolute atomic E-state index is 11.4. The van der Waals surface area contributed by atoms with Crippen molar-refractivity contribution >= 4 is 5.97 Å². The molecular formula is C14H24O2. The second kappa shape index (κ2) is 4.60. The van der Waals surface area contributed by atoms with Crippen LogP contribution >= 0.6 is 0 Å². The van der Waals surface area contributed by atoms with Crippen LogP contribution in [0, 0.1) is 17.3 Å². The number of allylic oxidation sites excluding steroid dienone is 2. The number of hydrogen-bond acceptors (Lipinski definition) is 2. The third kappa shape index (κ3) is 2.47. The van der Waals surface area contributed by atoms with E-state index in [1.807, 2.05) is 13.8 Å². The topological polar surface area (TPSA) is 26.3 Å². The van der Waals surface area contributed by atoms with Gasteiger partial charge in [-0.25, -0.2) is 0 Å². The molecule has 0 amide bonds. The van der Waals surface area contributed by atoms with Crippen molar-refractivity contribution in [1.82, 2.24) is 0 Å². The predicted octanol–water partition coefficient (Wildman–Crippen LogP) is 3.57. The summed E-state index contributed by atoms with van der Waals surface area (Å²) >= 11 is 0. The van der Waals surface area contributed by atoms with Crippen LogP contribution in [-0.2, 0) is 9.53 Å². The number of esters is 1. The minimum atomic E-state index is -0.0852. The average Bonchev–Trinajstić information content (AvgIpc) is 2.38. The first-order chi connectivity index (χ1) is 7.26. The minimum Gasteiger partial charge on any atom is -0.465 e. The molecule has 0 saturated carbocycles. The van der Waals surface area contributed by atoms with Crippen LogP contribution in [0.5, 0.6) is 0 Å². The fourth-order valence-corrected chi connectivity index (χ4v) is 2.25. The van der Waals surface area contributed by atoms with Crippen LogP contribution in [0.2, 0.25) is 0 Å². The standard InChI is InChI=1S/C14H24O2/c1-9(2)13(15)16-8-12-7-10(3)11(4)14(12,5)6/h9,12H,7-8H2,1-6H3/t12-/m0/s1. The van der Waals surface area contributed by atoms with Crippen molar-refractivity contribution in [3.8, 4) is 0 Å². The zero-order valence-electron chi connectivity index (χ0n) is 11.4. The van der Waals surface area contributed by atoms with Gasteiger partial charge in [0.25, 0.3) is 0 Å². The molecule has 0 aromatic heterocycles. The SMILES string of the molecule is CC1=C(C)C(C)(C)[C@H](COC(=O)C(C)C)C1. The van der Waals surface area contributed by atoms with Crippen molar-refractivity contribution in [3.63, 3.8) is 0 Å². The van der Waals surface area contributed by atoms with E-state index in [1.165, 1.54) is 11.1 Å². The summed E-state index contributed by atoms with van der Waals surface area (Å²) in [6.07, 6.45) is 1.06. The molecule has 2 nitrogen and oxygen atoms in total. The van der Waals surface area contributed by atoms with Crippen LogP contribution in [0.1, 0.15) is 48.0 Å². The average molecular weight is 224 g/mol. The number of carbonyl (C=O) groups excluding carboxylic acids is 1. The predicted molar refractivity (Wildman–Crippen MR) is 66.1 cm³/mol. The highest BCUT2D eigenvalue weighted by atomic mass is 16.5. The molecule has 1 atom stereocenters. The molecule has 2 heteroatoms. The van der Waals surface area contributed by atoms with E-state index in [4.69, 9.17) is 4.74 Å². The molecule has 0 aliphatic heterocycles. The van der Waals surface area contributed by atoms with Gasteiger partial charge in [0.05, 0.1) is 12.5 Å². The van der Waals surface area contributed by atoms with Crippen LogP contribution < -0.4 is 0 Å². The van der Waals surface area contributed by atoms with Gasteiger partial charge in [0, 0.05) is 5.92 Å². The van der Waals surface area contributed by atoms with Crippen molar-refractivity contribution in [1.29, 1.82) is 0 Å². The van der Waals surface area contributed by atoms with Gasteiger partial charge >= 0.3 is 5.97 Å². The van der Waals surface area contributed by atoms with Gasteiger partial charge in [-0.2, -0.15) is 0 Å². The molecule has 0 saturated heterocycles.